The summed E-state index contributed by atoms with van der Waals surface area (Å²) < 4.78 is 0. The molecule has 13 heavy (non-hydrogen) atoms. The molecule has 0 heterocycles. The van der Waals surface area contributed by atoms with Gasteiger partial charge in [-0.25, -0.2) is 4.79 Å². The van der Waals surface area contributed by atoms with Crippen LogP contribution < -0.4 is 0 Å². The molecule has 3 unspecified atom stereocenters. The highest BCUT2D eigenvalue weighted by Gasteiger charge is 2.34. The van der Waals surface area contributed by atoms with Crippen LogP contribution in [0.3, 0.4) is 0 Å². The quantitative estimate of drug-likeness (QED) is 0.520. The molecule has 0 aliphatic heterocycles. The monoisotopic (exact) mass is 178 g/mol. The fourth-order valence-electron chi connectivity index (χ4n) is 2.41. The lowest BCUT2D eigenvalue weighted by molar-refractivity contribution is -0.132. The minimum absolute atomic E-state index is 0.478. The van der Waals surface area contributed by atoms with Gasteiger partial charge in [-0.2, -0.15) is 0 Å². The van der Waals surface area contributed by atoms with Crippen LogP contribution >= 0.6 is 0 Å². The Morgan fingerprint density at radius 2 is 2.23 bits per heavy atom. The summed E-state index contributed by atoms with van der Waals surface area (Å²) >= 11 is 0. The molecule has 2 aliphatic carbocycles. The molecule has 0 spiro atoms. The van der Waals surface area contributed by atoms with Gasteiger partial charge in [-0.3, -0.25) is 0 Å². The van der Waals surface area contributed by atoms with E-state index in [0.29, 0.717) is 23.3 Å². The standard InChI is InChI=1S/C11H14O2/c1-7(11(12)13)4-10-6-8-2-3-9(10)5-8/h2-4,8-10H,5-6H2,1H3,(H,12,13)/b7-4+. The molecule has 1 saturated carbocycles. The van der Waals surface area contributed by atoms with Gasteiger partial charge in [0.15, 0.2) is 0 Å². The maximum absolute atomic E-state index is 10.6. The summed E-state index contributed by atoms with van der Waals surface area (Å²) in [5.74, 6) is 1.02. The van der Waals surface area contributed by atoms with Crippen molar-refractivity contribution >= 4 is 5.97 Å². The highest BCUT2D eigenvalue weighted by atomic mass is 16.4. The van der Waals surface area contributed by atoms with E-state index in [1.165, 1.54) is 6.42 Å². The molecule has 0 aromatic rings. The zero-order chi connectivity index (χ0) is 9.42. The molecule has 2 aliphatic rings. The highest BCUT2D eigenvalue weighted by molar-refractivity contribution is 5.85. The van der Waals surface area contributed by atoms with Crippen LogP contribution in [0.15, 0.2) is 23.8 Å². The number of rotatable bonds is 2. The molecule has 2 bridgehead atoms. The van der Waals surface area contributed by atoms with Crippen LogP contribution in [0, 0.1) is 17.8 Å². The second-order valence-electron chi connectivity index (χ2n) is 4.10. The SMILES string of the molecule is C/C(=C\C1CC2C=CC1C2)C(=O)O. The molecule has 1 fully saturated rings. The van der Waals surface area contributed by atoms with Crippen molar-refractivity contribution in [2.45, 2.75) is 19.8 Å². The van der Waals surface area contributed by atoms with Gasteiger partial charge in [0.05, 0.1) is 0 Å². The minimum atomic E-state index is -0.785. The Morgan fingerprint density at radius 1 is 1.46 bits per heavy atom. The Bertz CT molecular complexity index is 288. The van der Waals surface area contributed by atoms with Crippen LogP contribution in [-0.2, 0) is 4.79 Å². The van der Waals surface area contributed by atoms with Crippen LogP contribution in [0.4, 0.5) is 0 Å². The first-order valence-electron chi connectivity index (χ1n) is 4.77. The van der Waals surface area contributed by atoms with Crippen LogP contribution in [0.2, 0.25) is 0 Å². The molecule has 0 aromatic heterocycles. The number of aliphatic carboxylic acids is 1. The Balaban J connectivity index is 2.08. The first-order valence-corrected chi connectivity index (χ1v) is 4.77. The van der Waals surface area contributed by atoms with Crippen molar-refractivity contribution in [1.29, 1.82) is 0 Å². The fraction of sp³-hybridized carbons (Fsp3) is 0.545. The lowest BCUT2D eigenvalue weighted by atomic mass is 9.92. The van der Waals surface area contributed by atoms with Crippen molar-refractivity contribution < 1.29 is 9.90 Å². The second-order valence-corrected chi connectivity index (χ2v) is 4.10. The number of carbonyl (C=O) groups is 1. The molecule has 0 amide bonds. The van der Waals surface area contributed by atoms with E-state index in [1.54, 1.807) is 6.92 Å². The Labute approximate surface area is 78.0 Å². The van der Waals surface area contributed by atoms with Crippen LogP contribution in [0.1, 0.15) is 19.8 Å². The van der Waals surface area contributed by atoms with Crippen molar-refractivity contribution in [2.24, 2.45) is 17.8 Å². The van der Waals surface area contributed by atoms with E-state index in [0.717, 1.165) is 6.42 Å². The van der Waals surface area contributed by atoms with Crippen molar-refractivity contribution in [3.63, 3.8) is 0 Å². The maximum atomic E-state index is 10.6. The summed E-state index contributed by atoms with van der Waals surface area (Å²) in [6.07, 6.45) is 8.81. The molecule has 0 saturated heterocycles. The van der Waals surface area contributed by atoms with Crippen molar-refractivity contribution in [3.05, 3.63) is 23.8 Å². The molecule has 0 radical (unpaired) electrons. The van der Waals surface area contributed by atoms with Crippen molar-refractivity contribution in [3.8, 4) is 0 Å². The van der Waals surface area contributed by atoms with E-state index < -0.39 is 5.97 Å². The second kappa shape index (κ2) is 3.02. The van der Waals surface area contributed by atoms with Gasteiger partial charge in [-0.1, -0.05) is 18.2 Å². The number of carboxylic acid groups (broad SMARTS) is 1. The lowest BCUT2D eigenvalue weighted by Gasteiger charge is -2.13. The molecule has 1 N–H and O–H groups in total. The number of carboxylic acids is 1. The van der Waals surface area contributed by atoms with Gasteiger partial charge < -0.3 is 5.11 Å². The van der Waals surface area contributed by atoms with E-state index in [4.69, 9.17) is 5.11 Å². The fourth-order valence-corrected chi connectivity index (χ4v) is 2.41. The van der Waals surface area contributed by atoms with Gasteiger partial charge >= 0.3 is 5.97 Å². The van der Waals surface area contributed by atoms with Crippen LogP contribution in [0.25, 0.3) is 0 Å². The number of hydrogen-bond donors (Lipinski definition) is 1. The van der Waals surface area contributed by atoms with Gasteiger partial charge in [0.2, 0.25) is 0 Å². The predicted molar refractivity (Wildman–Crippen MR) is 50.2 cm³/mol. The zero-order valence-corrected chi connectivity index (χ0v) is 7.73. The lowest BCUT2D eigenvalue weighted by Crippen LogP contribution is -2.06. The summed E-state index contributed by atoms with van der Waals surface area (Å²) in [4.78, 5) is 10.6. The van der Waals surface area contributed by atoms with E-state index >= 15 is 0 Å². The van der Waals surface area contributed by atoms with Crippen LogP contribution in [0.5, 0.6) is 0 Å². The average molecular weight is 178 g/mol. The molecule has 70 valence electrons. The van der Waals surface area contributed by atoms with E-state index in [9.17, 15) is 4.79 Å². The summed E-state index contributed by atoms with van der Waals surface area (Å²) in [6.45, 7) is 1.68. The number of fused-ring (bicyclic) bond motifs is 2. The smallest absolute Gasteiger partial charge is 0.330 e. The van der Waals surface area contributed by atoms with Gasteiger partial charge in [-0.05, 0) is 37.5 Å². The average Bonchev–Trinajstić information content (AvgIpc) is 2.64. The normalized spacial score (nSPS) is 37.0. The number of allylic oxidation sites excluding steroid dienone is 3. The Kier molecular flexibility index (Phi) is 1.98. The summed E-state index contributed by atoms with van der Waals surface area (Å²) in [7, 11) is 0. The molecule has 2 rings (SSSR count). The third kappa shape index (κ3) is 1.53. The van der Waals surface area contributed by atoms with E-state index in [1.807, 2.05) is 6.08 Å². The molecule has 0 aromatic carbocycles. The molecule has 2 nitrogen and oxygen atoms in total. The van der Waals surface area contributed by atoms with E-state index in [-0.39, 0.29) is 0 Å². The molecule has 2 heteroatoms. The largest absolute Gasteiger partial charge is 0.478 e. The third-order valence-electron chi connectivity index (χ3n) is 3.13. The van der Waals surface area contributed by atoms with Gasteiger partial charge in [0.1, 0.15) is 0 Å². The third-order valence-corrected chi connectivity index (χ3v) is 3.13. The molecular weight excluding hydrogens is 164 g/mol. The summed E-state index contributed by atoms with van der Waals surface area (Å²) in [5, 5.41) is 8.73. The first-order chi connectivity index (χ1) is 6.16. The van der Waals surface area contributed by atoms with Crippen molar-refractivity contribution in [2.75, 3.05) is 0 Å². The Hall–Kier alpha value is -1.05. The van der Waals surface area contributed by atoms with Gasteiger partial charge in [0.25, 0.3) is 0 Å². The topological polar surface area (TPSA) is 37.3 Å². The molecular formula is C11H14O2. The Morgan fingerprint density at radius 3 is 2.69 bits per heavy atom. The first kappa shape index (κ1) is 8.54. The summed E-state index contributed by atoms with van der Waals surface area (Å²) in [5.41, 5.74) is 0.492. The zero-order valence-electron chi connectivity index (χ0n) is 7.73. The maximum Gasteiger partial charge on any atom is 0.330 e. The van der Waals surface area contributed by atoms with Gasteiger partial charge in [-0.15, -0.1) is 0 Å². The highest BCUT2D eigenvalue weighted by Crippen LogP contribution is 2.44. The molecule has 3 atom stereocenters. The number of hydrogen-bond acceptors (Lipinski definition) is 1. The van der Waals surface area contributed by atoms with Gasteiger partial charge in [0, 0.05) is 5.57 Å². The van der Waals surface area contributed by atoms with E-state index in [2.05, 4.69) is 12.2 Å². The predicted octanol–water partition coefficient (Wildman–Crippen LogP) is 2.23. The van der Waals surface area contributed by atoms with Crippen LogP contribution in [-0.4, -0.2) is 11.1 Å². The summed E-state index contributed by atoms with van der Waals surface area (Å²) in [6, 6.07) is 0. The van der Waals surface area contributed by atoms with Crippen molar-refractivity contribution in [1.82, 2.24) is 0 Å². The minimum Gasteiger partial charge on any atom is -0.478 e.